The van der Waals surface area contributed by atoms with Crippen LogP contribution in [0.3, 0.4) is 0 Å². The Morgan fingerprint density at radius 3 is 2.77 bits per heavy atom. The zero-order valence-electron chi connectivity index (χ0n) is 7.29. The van der Waals surface area contributed by atoms with Crippen molar-refractivity contribution in [2.75, 3.05) is 0 Å². The molecule has 0 saturated heterocycles. The van der Waals surface area contributed by atoms with E-state index in [0.29, 0.717) is 6.42 Å². The second-order valence-corrected chi connectivity index (χ2v) is 3.90. The smallest absolute Gasteiger partial charge is 0.124 e. The SMILES string of the molecule is O=CCc1ccc(C2CC2)cc1Cl. The lowest BCUT2D eigenvalue weighted by atomic mass is 10.1. The molecule has 68 valence electrons. The molecule has 0 unspecified atom stereocenters. The number of benzene rings is 1. The van der Waals surface area contributed by atoms with E-state index in [1.807, 2.05) is 12.1 Å². The van der Waals surface area contributed by atoms with E-state index < -0.39 is 0 Å². The molecule has 0 atom stereocenters. The summed E-state index contributed by atoms with van der Waals surface area (Å²) in [6.45, 7) is 0. The van der Waals surface area contributed by atoms with Crippen molar-refractivity contribution in [3.05, 3.63) is 34.3 Å². The number of aldehydes is 1. The van der Waals surface area contributed by atoms with Gasteiger partial charge in [0, 0.05) is 11.4 Å². The molecule has 0 bridgehead atoms. The molecule has 2 heteroatoms. The Kier molecular flexibility index (Phi) is 2.36. The molecule has 1 fully saturated rings. The molecule has 1 saturated carbocycles. The van der Waals surface area contributed by atoms with Crippen molar-refractivity contribution in [2.24, 2.45) is 0 Å². The number of rotatable bonds is 3. The van der Waals surface area contributed by atoms with Gasteiger partial charge in [-0.05, 0) is 36.0 Å². The normalized spacial score (nSPS) is 15.8. The Bertz CT molecular complexity index is 329. The van der Waals surface area contributed by atoms with Crippen molar-refractivity contribution in [3.8, 4) is 0 Å². The highest BCUT2D eigenvalue weighted by molar-refractivity contribution is 6.31. The van der Waals surface area contributed by atoms with E-state index in [2.05, 4.69) is 6.07 Å². The minimum absolute atomic E-state index is 0.420. The standard InChI is InChI=1S/C11H11ClO/c12-11-7-10(8-1-2-8)4-3-9(11)5-6-13/h3-4,6-8H,1-2,5H2. The minimum Gasteiger partial charge on any atom is -0.303 e. The van der Waals surface area contributed by atoms with E-state index >= 15 is 0 Å². The molecule has 13 heavy (non-hydrogen) atoms. The Morgan fingerprint density at radius 1 is 1.46 bits per heavy atom. The summed E-state index contributed by atoms with van der Waals surface area (Å²) in [5, 5.41) is 0.733. The van der Waals surface area contributed by atoms with Crippen molar-refractivity contribution < 1.29 is 4.79 Å². The Balaban J connectivity index is 2.25. The van der Waals surface area contributed by atoms with Crippen LogP contribution >= 0.6 is 11.6 Å². The zero-order valence-corrected chi connectivity index (χ0v) is 8.05. The highest BCUT2D eigenvalue weighted by atomic mass is 35.5. The average Bonchev–Trinajstić information content (AvgIpc) is 2.91. The van der Waals surface area contributed by atoms with Gasteiger partial charge in [-0.1, -0.05) is 23.7 Å². The zero-order chi connectivity index (χ0) is 9.26. The van der Waals surface area contributed by atoms with Crippen LogP contribution in [0.1, 0.15) is 29.9 Å². The second kappa shape index (κ2) is 3.51. The molecule has 1 aromatic rings. The van der Waals surface area contributed by atoms with Crippen molar-refractivity contribution >= 4 is 17.9 Å². The lowest BCUT2D eigenvalue weighted by Crippen LogP contribution is -1.89. The molecule has 0 aromatic heterocycles. The van der Waals surface area contributed by atoms with Crippen molar-refractivity contribution in [1.29, 1.82) is 0 Å². The third kappa shape index (κ3) is 1.92. The Morgan fingerprint density at radius 2 is 2.23 bits per heavy atom. The highest BCUT2D eigenvalue weighted by Crippen LogP contribution is 2.41. The fraction of sp³-hybridized carbons (Fsp3) is 0.364. The van der Waals surface area contributed by atoms with Gasteiger partial charge in [0.1, 0.15) is 6.29 Å². The van der Waals surface area contributed by atoms with Crippen LogP contribution in [0, 0.1) is 0 Å². The van der Waals surface area contributed by atoms with Crippen LogP contribution in [0.5, 0.6) is 0 Å². The molecule has 1 aliphatic rings. The molecule has 0 spiro atoms. The number of carbonyl (C=O) groups is 1. The number of hydrogen-bond acceptors (Lipinski definition) is 1. The van der Waals surface area contributed by atoms with Crippen LogP contribution in [-0.4, -0.2) is 6.29 Å². The topological polar surface area (TPSA) is 17.1 Å². The highest BCUT2D eigenvalue weighted by Gasteiger charge is 2.23. The molecule has 1 aromatic carbocycles. The quantitative estimate of drug-likeness (QED) is 0.677. The van der Waals surface area contributed by atoms with Gasteiger partial charge in [-0.3, -0.25) is 0 Å². The molecule has 0 amide bonds. The predicted molar refractivity (Wildman–Crippen MR) is 53.2 cm³/mol. The van der Waals surface area contributed by atoms with E-state index in [-0.39, 0.29) is 0 Å². The van der Waals surface area contributed by atoms with Gasteiger partial charge in [0.05, 0.1) is 0 Å². The predicted octanol–water partition coefficient (Wildman–Crippen LogP) is 2.96. The van der Waals surface area contributed by atoms with Crippen LogP contribution in [0.25, 0.3) is 0 Å². The van der Waals surface area contributed by atoms with Gasteiger partial charge in [0.25, 0.3) is 0 Å². The third-order valence-electron chi connectivity index (χ3n) is 2.43. The van der Waals surface area contributed by atoms with E-state index in [0.717, 1.165) is 22.8 Å². The monoisotopic (exact) mass is 194 g/mol. The first-order valence-corrected chi connectivity index (χ1v) is 4.91. The summed E-state index contributed by atoms with van der Waals surface area (Å²) in [6.07, 6.45) is 3.87. The summed E-state index contributed by atoms with van der Waals surface area (Å²) < 4.78 is 0. The van der Waals surface area contributed by atoms with Gasteiger partial charge in [-0.15, -0.1) is 0 Å². The summed E-state index contributed by atoms with van der Waals surface area (Å²) in [4.78, 5) is 10.3. The maximum absolute atomic E-state index is 10.3. The molecule has 2 rings (SSSR count). The molecule has 1 aliphatic carbocycles. The van der Waals surface area contributed by atoms with Crippen molar-refractivity contribution in [3.63, 3.8) is 0 Å². The molecule has 1 nitrogen and oxygen atoms in total. The molecular formula is C11H11ClO. The fourth-order valence-corrected chi connectivity index (χ4v) is 1.76. The summed E-state index contributed by atoms with van der Waals surface area (Å²) in [5.74, 6) is 0.725. The molecule has 0 heterocycles. The second-order valence-electron chi connectivity index (χ2n) is 3.50. The minimum atomic E-state index is 0.420. The Labute approximate surface area is 82.7 Å². The van der Waals surface area contributed by atoms with Crippen molar-refractivity contribution in [1.82, 2.24) is 0 Å². The first kappa shape index (κ1) is 8.76. The summed E-state index contributed by atoms with van der Waals surface area (Å²) in [6, 6.07) is 6.05. The maximum Gasteiger partial charge on any atom is 0.124 e. The lowest BCUT2D eigenvalue weighted by molar-refractivity contribution is -0.107. The number of hydrogen-bond donors (Lipinski definition) is 0. The molecule has 0 aliphatic heterocycles. The van der Waals surface area contributed by atoms with E-state index in [1.54, 1.807) is 0 Å². The van der Waals surface area contributed by atoms with Crippen LogP contribution in [0.15, 0.2) is 18.2 Å². The Hall–Kier alpha value is -0.820. The largest absolute Gasteiger partial charge is 0.303 e. The summed E-state index contributed by atoms with van der Waals surface area (Å²) >= 11 is 6.02. The first-order valence-electron chi connectivity index (χ1n) is 4.53. The maximum atomic E-state index is 10.3. The van der Waals surface area contributed by atoms with Crippen LogP contribution in [-0.2, 0) is 11.2 Å². The van der Waals surface area contributed by atoms with Gasteiger partial charge in [0.2, 0.25) is 0 Å². The van der Waals surface area contributed by atoms with Gasteiger partial charge < -0.3 is 4.79 Å². The van der Waals surface area contributed by atoms with E-state index in [9.17, 15) is 4.79 Å². The first-order chi connectivity index (χ1) is 6.31. The van der Waals surface area contributed by atoms with Gasteiger partial charge >= 0.3 is 0 Å². The van der Waals surface area contributed by atoms with Crippen LogP contribution in [0.2, 0.25) is 5.02 Å². The van der Waals surface area contributed by atoms with Gasteiger partial charge in [-0.2, -0.15) is 0 Å². The number of carbonyl (C=O) groups excluding carboxylic acids is 1. The molecular weight excluding hydrogens is 184 g/mol. The van der Waals surface area contributed by atoms with Crippen LogP contribution in [0.4, 0.5) is 0 Å². The van der Waals surface area contributed by atoms with Crippen LogP contribution < -0.4 is 0 Å². The van der Waals surface area contributed by atoms with E-state index in [4.69, 9.17) is 11.6 Å². The lowest BCUT2D eigenvalue weighted by Gasteiger charge is -2.02. The number of halogens is 1. The summed E-state index contributed by atoms with van der Waals surface area (Å²) in [5.41, 5.74) is 2.25. The fourth-order valence-electron chi connectivity index (χ4n) is 1.49. The van der Waals surface area contributed by atoms with E-state index in [1.165, 1.54) is 18.4 Å². The van der Waals surface area contributed by atoms with Gasteiger partial charge in [-0.25, -0.2) is 0 Å². The molecule has 0 N–H and O–H groups in total. The third-order valence-corrected chi connectivity index (χ3v) is 2.78. The summed E-state index contributed by atoms with van der Waals surface area (Å²) in [7, 11) is 0. The molecule has 0 radical (unpaired) electrons. The van der Waals surface area contributed by atoms with Gasteiger partial charge in [0.15, 0.2) is 0 Å². The van der Waals surface area contributed by atoms with Crippen molar-refractivity contribution in [2.45, 2.75) is 25.2 Å². The average molecular weight is 195 g/mol.